The lowest BCUT2D eigenvalue weighted by atomic mass is 9.97. The van der Waals surface area contributed by atoms with Crippen LogP contribution >= 0.6 is 0 Å². The van der Waals surface area contributed by atoms with Gasteiger partial charge < -0.3 is 4.74 Å². The molecule has 2 fully saturated rings. The van der Waals surface area contributed by atoms with Crippen molar-refractivity contribution < 1.29 is 4.74 Å². The number of fused-ring (bicyclic) bond motifs is 2. The van der Waals surface area contributed by atoms with Gasteiger partial charge in [0.05, 0.1) is 6.10 Å². The van der Waals surface area contributed by atoms with Gasteiger partial charge in [0.15, 0.2) is 0 Å². The number of methoxy groups -OCH3 is 1. The van der Waals surface area contributed by atoms with Gasteiger partial charge in [0.1, 0.15) is 0 Å². The molecule has 2 rings (SSSR count). The van der Waals surface area contributed by atoms with Gasteiger partial charge in [-0.15, -0.1) is 0 Å². The highest BCUT2D eigenvalue weighted by molar-refractivity contribution is 6.12. The summed E-state index contributed by atoms with van der Waals surface area (Å²) in [6, 6.07) is 0. The van der Waals surface area contributed by atoms with E-state index in [9.17, 15) is 0 Å². The fourth-order valence-corrected chi connectivity index (χ4v) is 3.24. The molecule has 2 saturated carbocycles. The van der Waals surface area contributed by atoms with E-state index in [-0.39, 0.29) is 0 Å². The van der Waals surface area contributed by atoms with Gasteiger partial charge in [-0.3, -0.25) is 0 Å². The second-order valence-corrected chi connectivity index (χ2v) is 4.36. The van der Waals surface area contributed by atoms with Gasteiger partial charge in [0.2, 0.25) is 0 Å². The van der Waals surface area contributed by atoms with E-state index in [0.717, 1.165) is 17.4 Å². The highest BCUT2D eigenvalue weighted by Gasteiger charge is 2.44. The monoisotopic (exact) mass is 153 g/mol. The number of hydrogen-bond donors (Lipinski definition) is 0. The Morgan fingerprint density at radius 3 is 2.50 bits per heavy atom. The quantitative estimate of drug-likeness (QED) is 0.517. The standard InChI is InChI=1S/C8H13OSi/c1-9-7-3-5-2-6(7)8(10)4-5/h5-8H,2-4H2,1H3. The topological polar surface area (TPSA) is 9.23 Å². The Hall–Kier alpha value is 0.177. The second kappa shape index (κ2) is 2.34. The van der Waals surface area contributed by atoms with Gasteiger partial charge in [-0.05, 0) is 30.2 Å². The molecule has 10 heavy (non-hydrogen) atoms. The van der Waals surface area contributed by atoms with E-state index in [1.54, 1.807) is 0 Å². The van der Waals surface area contributed by atoms with E-state index in [0.29, 0.717) is 6.10 Å². The molecule has 0 spiro atoms. The predicted molar refractivity (Wildman–Crippen MR) is 41.1 cm³/mol. The van der Waals surface area contributed by atoms with Gasteiger partial charge in [0, 0.05) is 17.4 Å². The first kappa shape index (κ1) is 6.86. The summed E-state index contributed by atoms with van der Waals surface area (Å²) < 4.78 is 5.38. The summed E-state index contributed by atoms with van der Waals surface area (Å²) in [7, 11) is 5.58. The summed E-state index contributed by atoms with van der Waals surface area (Å²) in [6.45, 7) is 0. The Labute approximate surface area is 65.6 Å². The molecular weight excluding hydrogens is 140 g/mol. The van der Waals surface area contributed by atoms with Crippen LogP contribution in [-0.4, -0.2) is 23.5 Å². The first-order chi connectivity index (χ1) is 4.81. The Morgan fingerprint density at radius 1 is 1.30 bits per heavy atom. The van der Waals surface area contributed by atoms with Crippen LogP contribution in [0.1, 0.15) is 19.3 Å². The maximum atomic E-state index is 5.38. The number of rotatable bonds is 1. The maximum absolute atomic E-state index is 5.38. The van der Waals surface area contributed by atoms with Crippen LogP contribution in [0.2, 0.25) is 5.54 Å². The number of hydrogen-bond acceptors (Lipinski definition) is 1. The first-order valence-electron chi connectivity index (χ1n) is 4.05. The molecular formula is C8H13OSi. The van der Waals surface area contributed by atoms with Crippen molar-refractivity contribution in [2.75, 3.05) is 7.11 Å². The summed E-state index contributed by atoms with van der Waals surface area (Å²) in [5.74, 6) is 1.77. The summed E-state index contributed by atoms with van der Waals surface area (Å²) in [5.41, 5.74) is 0.740. The molecule has 2 aliphatic rings. The van der Waals surface area contributed by atoms with Gasteiger partial charge in [0.25, 0.3) is 0 Å². The van der Waals surface area contributed by atoms with Crippen LogP contribution in [0.25, 0.3) is 0 Å². The zero-order valence-corrected chi connectivity index (χ0v) is 7.34. The van der Waals surface area contributed by atoms with Crippen molar-refractivity contribution in [3.8, 4) is 0 Å². The number of ether oxygens (including phenoxy) is 1. The van der Waals surface area contributed by atoms with Crippen molar-refractivity contribution in [2.45, 2.75) is 30.9 Å². The van der Waals surface area contributed by atoms with E-state index in [4.69, 9.17) is 4.74 Å². The molecule has 0 amide bonds. The molecule has 0 heterocycles. The minimum absolute atomic E-state index is 0.557. The minimum atomic E-state index is 0.557. The van der Waals surface area contributed by atoms with E-state index >= 15 is 0 Å². The van der Waals surface area contributed by atoms with Crippen LogP contribution < -0.4 is 0 Å². The normalized spacial score (nSPS) is 52.2. The smallest absolute Gasteiger partial charge is 0.0601 e. The lowest BCUT2D eigenvalue weighted by molar-refractivity contribution is 0.0576. The molecule has 0 aromatic carbocycles. The predicted octanol–water partition coefficient (Wildman–Crippen LogP) is 1.39. The second-order valence-electron chi connectivity index (χ2n) is 3.62. The summed E-state index contributed by atoms with van der Waals surface area (Å²) in [6.07, 6.45) is 4.64. The van der Waals surface area contributed by atoms with Crippen LogP contribution in [0.4, 0.5) is 0 Å². The Morgan fingerprint density at radius 2 is 2.10 bits per heavy atom. The third-order valence-corrected chi connectivity index (χ3v) is 3.72. The van der Waals surface area contributed by atoms with Crippen LogP contribution in [0.15, 0.2) is 0 Å². The average molecular weight is 153 g/mol. The average Bonchev–Trinajstić information content (AvgIpc) is 2.44. The maximum Gasteiger partial charge on any atom is 0.0601 e. The molecule has 0 aromatic rings. The summed E-state index contributed by atoms with van der Waals surface area (Å²) in [5, 5.41) is 0. The molecule has 4 unspecified atom stereocenters. The molecule has 0 aliphatic heterocycles. The molecule has 3 radical (unpaired) electrons. The highest BCUT2D eigenvalue weighted by Crippen LogP contribution is 2.51. The molecule has 0 aromatic heterocycles. The van der Waals surface area contributed by atoms with Gasteiger partial charge in [-0.1, -0.05) is 6.42 Å². The molecule has 2 heteroatoms. The van der Waals surface area contributed by atoms with Crippen molar-refractivity contribution in [1.82, 2.24) is 0 Å². The van der Waals surface area contributed by atoms with Crippen LogP contribution in [0.5, 0.6) is 0 Å². The highest BCUT2D eigenvalue weighted by atomic mass is 28.1. The van der Waals surface area contributed by atoms with E-state index in [2.05, 4.69) is 10.2 Å². The van der Waals surface area contributed by atoms with E-state index in [1.807, 2.05) is 7.11 Å². The fourth-order valence-electron chi connectivity index (χ4n) is 2.56. The SMILES string of the molecule is COC1CC2CC([Si])C1C2. The minimum Gasteiger partial charge on any atom is -0.381 e. The first-order valence-corrected chi connectivity index (χ1v) is 4.63. The van der Waals surface area contributed by atoms with Crippen LogP contribution in [-0.2, 0) is 4.74 Å². The third-order valence-electron chi connectivity index (χ3n) is 3.06. The molecule has 0 saturated heterocycles. The molecule has 2 bridgehead atoms. The Balaban J connectivity index is 2.06. The lowest BCUT2D eigenvalue weighted by Gasteiger charge is -2.25. The van der Waals surface area contributed by atoms with Crippen molar-refractivity contribution in [3.05, 3.63) is 0 Å². The van der Waals surface area contributed by atoms with Gasteiger partial charge in [-0.25, -0.2) is 0 Å². The van der Waals surface area contributed by atoms with Crippen LogP contribution in [0.3, 0.4) is 0 Å². The molecule has 2 aliphatic carbocycles. The molecule has 4 atom stereocenters. The van der Waals surface area contributed by atoms with Crippen LogP contribution in [0, 0.1) is 11.8 Å². The fraction of sp³-hybridized carbons (Fsp3) is 1.00. The van der Waals surface area contributed by atoms with E-state index in [1.165, 1.54) is 19.3 Å². The van der Waals surface area contributed by atoms with Gasteiger partial charge >= 0.3 is 0 Å². The summed E-state index contributed by atoms with van der Waals surface area (Å²) in [4.78, 5) is 0. The molecule has 0 N–H and O–H groups in total. The molecule has 1 nitrogen and oxygen atoms in total. The molecule has 55 valence electrons. The van der Waals surface area contributed by atoms with E-state index < -0.39 is 0 Å². The van der Waals surface area contributed by atoms with Crippen molar-refractivity contribution in [1.29, 1.82) is 0 Å². The third kappa shape index (κ3) is 0.856. The van der Waals surface area contributed by atoms with Crippen molar-refractivity contribution in [2.24, 2.45) is 11.8 Å². The van der Waals surface area contributed by atoms with Crippen molar-refractivity contribution in [3.63, 3.8) is 0 Å². The Kier molecular flexibility index (Phi) is 1.61. The zero-order chi connectivity index (χ0) is 7.14. The lowest BCUT2D eigenvalue weighted by Crippen LogP contribution is -2.22. The zero-order valence-electron chi connectivity index (χ0n) is 6.34. The van der Waals surface area contributed by atoms with Crippen molar-refractivity contribution >= 4 is 10.2 Å². The summed E-state index contributed by atoms with van der Waals surface area (Å²) >= 11 is 0. The van der Waals surface area contributed by atoms with Gasteiger partial charge in [-0.2, -0.15) is 0 Å². The Bertz CT molecular complexity index is 135. The largest absolute Gasteiger partial charge is 0.381 e.